The molecular weight excluding hydrogens is 407 g/mol. The van der Waals surface area contributed by atoms with E-state index < -0.39 is 13.9 Å². The standard InChI is InChI=1S/C20H30N4O.H3O4P/c1-4-24(5-2)13-20(22-19(21)25)12-16-14(9-7-11-23(16)3)15-8-6-10-17(24)18(15)20;1-5(2,3)4/h6,8,10,14,16H,4-5,7,9,11-13H2,1-3H3,(H2-,21,22,25);(H3,1,2,3,4)/p+1/t14?,16-,20?;/m1./s1. The van der Waals surface area contributed by atoms with Gasteiger partial charge in [0.25, 0.3) is 0 Å². The number of amides is 2. The van der Waals surface area contributed by atoms with E-state index in [0.29, 0.717) is 12.0 Å². The number of carbonyl (C=O) groups excluding carboxylic acids is 1. The van der Waals surface area contributed by atoms with Crippen molar-refractivity contribution in [2.24, 2.45) is 5.73 Å². The first kappa shape index (κ1) is 23.2. The van der Waals surface area contributed by atoms with Crippen LogP contribution >= 0.6 is 7.82 Å². The Bertz CT molecular complexity index is 847. The average Bonchev–Trinajstić information content (AvgIpc) is 2.92. The van der Waals surface area contributed by atoms with E-state index in [1.807, 2.05) is 0 Å². The largest absolute Gasteiger partial charge is 0.466 e. The predicted molar refractivity (Wildman–Crippen MR) is 116 cm³/mol. The molecule has 1 aromatic rings. The summed E-state index contributed by atoms with van der Waals surface area (Å²) in [6.45, 7) is 8.67. The molecule has 2 amide bonds. The Morgan fingerprint density at radius 2 is 1.97 bits per heavy atom. The predicted octanol–water partition coefficient (Wildman–Crippen LogP) is 1.56. The number of hydrogen-bond donors (Lipinski definition) is 5. The molecule has 2 heterocycles. The molecule has 4 rings (SSSR count). The van der Waals surface area contributed by atoms with Crippen molar-refractivity contribution in [2.75, 3.05) is 33.2 Å². The summed E-state index contributed by atoms with van der Waals surface area (Å²) in [6, 6.07) is 6.90. The summed E-state index contributed by atoms with van der Waals surface area (Å²) in [4.78, 5) is 36.0. The minimum absolute atomic E-state index is 0.323. The molecule has 3 atom stereocenters. The fourth-order valence-corrected chi connectivity index (χ4v) is 6.05. The number of carbonyl (C=O) groups is 1. The van der Waals surface area contributed by atoms with Crippen LogP contribution in [0.25, 0.3) is 0 Å². The molecule has 1 aliphatic carbocycles. The maximum Gasteiger partial charge on any atom is 0.466 e. The molecule has 0 radical (unpaired) electrons. The third-order valence-corrected chi connectivity index (χ3v) is 7.22. The summed E-state index contributed by atoms with van der Waals surface area (Å²) in [5.41, 5.74) is 9.59. The fraction of sp³-hybridized carbons (Fsp3) is 0.650. The normalized spacial score (nSPS) is 29.3. The Labute approximate surface area is 177 Å². The van der Waals surface area contributed by atoms with E-state index in [9.17, 15) is 4.79 Å². The van der Waals surface area contributed by atoms with Crippen molar-refractivity contribution in [3.63, 3.8) is 0 Å². The number of fused-ring (bicyclic) bond motifs is 2. The maximum atomic E-state index is 12.0. The SMILES string of the molecule is CC[N+]1(CC)CC2(NC(N)=O)C[C@@H]3C(CCCN3C)c3cccc1c32.O=P(O)(O)O. The van der Waals surface area contributed by atoms with Gasteiger partial charge in [0.1, 0.15) is 17.8 Å². The number of quaternary nitrogens is 1. The van der Waals surface area contributed by atoms with E-state index in [1.165, 1.54) is 29.7 Å². The Balaban J connectivity index is 0.000000461. The summed E-state index contributed by atoms with van der Waals surface area (Å²) in [5.74, 6) is 0.574. The van der Waals surface area contributed by atoms with Gasteiger partial charge in [-0.3, -0.25) is 4.48 Å². The average molecular weight is 441 g/mol. The summed E-state index contributed by atoms with van der Waals surface area (Å²) in [7, 11) is -2.40. The van der Waals surface area contributed by atoms with Gasteiger partial charge in [-0.15, -0.1) is 0 Å². The molecule has 9 nitrogen and oxygen atoms in total. The molecule has 168 valence electrons. The number of urea groups is 1. The summed E-state index contributed by atoms with van der Waals surface area (Å²) in [6.07, 6.45) is 3.47. The number of nitrogens with zero attached hydrogens (tertiary/aromatic N) is 2. The molecule has 2 unspecified atom stereocenters. The van der Waals surface area contributed by atoms with Gasteiger partial charge in [-0.25, -0.2) is 9.36 Å². The third kappa shape index (κ3) is 4.15. The van der Waals surface area contributed by atoms with Crippen LogP contribution in [0.5, 0.6) is 0 Å². The first-order valence-electron chi connectivity index (χ1n) is 10.5. The first-order chi connectivity index (χ1) is 14.0. The van der Waals surface area contributed by atoms with Gasteiger partial charge in [0.15, 0.2) is 0 Å². The highest BCUT2D eigenvalue weighted by Crippen LogP contribution is 2.55. The number of nitrogens with two attached hydrogens (primary N) is 1. The molecule has 0 spiro atoms. The highest BCUT2D eigenvalue weighted by atomic mass is 31.2. The molecule has 3 aliphatic rings. The van der Waals surface area contributed by atoms with Crippen LogP contribution in [0.4, 0.5) is 10.5 Å². The lowest BCUT2D eigenvalue weighted by molar-refractivity contribution is 0.0944. The third-order valence-electron chi connectivity index (χ3n) is 7.22. The van der Waals surface area contributed by atoms with Crippen molar-refractivity contribution >= 4 is 19.5 Å². The van der Waals surface area contributed by atoms with Gasteiger partial charge >= 0.3 is 13.9 Å². The number of benzene rings is 1. The van der Waals surface area contributed by atoms with Gasteiger partial charge in [0.2, 0.25) is 0 Å². The van der Waals surface area contributed by atoms with Gasteiger partial charge in [0.05, 0.1) is 13.1 Å². The van der Waals surface area contributed by atoms with Gasteiger partial charge in [-0.1, -0.05) is 12.1 Å². The zero-order chi connectivity index (χ0) is 22.3. The van der Waals surface area contributed by atoms with Gasteiger partial charge in [-0.2, -0.15) is 0 Å². The van der Waals surface area contributed by atoms with Gasteiger partial charge in [-0.05, 0) is 58.3 Å². The Morgan fingerprint density at radius 1 is 1.33 bits per heavy atom. The minimum atomic E-state index is -4.64. The van der Waals surface area contributed by atoms with Crippen LogP contribution in [0.3, 0.4) is 0 Å². The van der Waals surface area contributed by atoms with Crippen molar-refractivity contribution in [3.8, 4) is 0 Å². The topological polar surface area (TPSA) is 136 Å². The van der Waals surface area contributed by atoms with Crippen molar-refractivity contribution < 1.29 is 24.0 Å². The monoisotopic (exact) mass is 441 g/mol. The maximum absolute atomic E-state index is 12.0. The molecule has 1 saturated heterocycles. The summed E-state index contributed by atoms with van der Waals surface area (Å²) in [5, 5.41) is 3.23. The van der Waals surface area contributed by atoms with Crippen LogP contribution in [0, 0.1) is 0 Å². The van der Waals surface area contributed by atoms with E-state index in [0.717, 1.165) is 37.1 Å². The molecule has 2 aliphatic heterocycles. The number of piperidine rings is 1. The van der Waals surface area contributed by atoms with Crippen molar-refractivity contribution in [1.82, 2.24) is 14.7 Å². The number of likely N-dealkylation sites (tertiary alicyclic amines) is 1. The van der Waals surface area contributed by atoms with Crippen LogP contribution in [0.2, 0.25) is 0 Å². The molecule has 30 heavy (non-hydrogen) atoms. The van der Waals surface area contributed by atoms with E-state index in [4.69, 9.17) is 25.0 Å². The van der Waals surface area contributed by atoms with E-state index >= 15 is 0 Å². The van der Waals surface area contributed by atoms with Crippen LogP contribution in [-0.4, -0.2) is 64.9 Å². The number of primary amides is 1. The van der Waals surface area contributed by atoms with E-state index in [1.54, 1.807) is 0 Å². The van der Waals surface area contributed by atoms with Crippen LogP contribution in [0.15, 0.2) is 18.2 Å². The molecule has 1 fully saturated rings. The van der Waals surface area contributed by atoms with Crippen molar-refractivity contribution in [1.29, 1.82) is 0 Å². The van der Waals surface area contributed by atoms with Crippen molar-refractivity contribution in [3.05, 3.63) is 29.3 Å². The lowest BCUT2D eigenvalue weighted by atomic mass is 9.67. The first-order valence-corrected chi connectivity index (χ1v) is 12.1. The van der Waals surface area contributed by atoms with Crippen LogP contribution in [-0.2, 0) is 10.1 Å². The molecular formula is C20H34N4O5P+. The second-order valence-corrected chi connectivity index (χ2v) is 9.79. The second kappa shape index (κ2) is 8.22. The number of likely N-dealkylation sites (N-methyl/N-ethyl adjacent to an activating group) is 2. The Kier molecular flexibility index (Phi) is 6.35. The molecule has 0 saturated carbocycles. The zero-order valence-corrected chi connectivity index (χ0v) is 18.8. The van der Waals surface area contributed by atoms with E-state index in [-0.39, 0.29) is 5.54 Å². The minimum Gasteiger partial charge on any atom is -0.352 e. The number of hydrogen-bond acceptors (Lipinski definition) is 3. The van der Waals surface area contributed by atoms with E-state index in [2.05, 4.69) is 49.3 Å². The molecule has 10 heteroatoms. The number of phosphoric acid groups is 1. The van der Waals surface area contributed by atoms with Gasteiger partial charge in [0, 0.05) is 17.5 Å². The van der Waals surface area contributed by atoms with Crippen LogP contribution in [0.1, 0.15) is 50.2 Å². The highest BCUT2D eigenvalue weighted by molar-refractivity contribution is 7.45. The van der Waals surface area contributed by atoms with Crippen molar-refractivity contribution in [2.45, 2.75) is 50.6 Å². The quantitative estimate of drug-likeness (QED) is 0.357. The summed E-state index contributed by atoms with van der Waals surface area (Å²) >= 11 is 0. The Hall–Kier alpha value is -1.48. The van der Waals surface area contributed by atoms with Crippen LogP contribution < -0.4 is 15.5 Å². The summed E-state index contributed by atoms with van der Waals surface area (Å²) < 4.78 is 9.82. The molecule has 0 bridgehead atoms. The molecule has 6 N–H and O–H groups in total. The highest BCUT2D eigenvalue weighted by Gasteiger charge is 2.59. The lowest BCUT2D eigenvalue weighted by Crippen LogP contribution is -2.61. The number of rotatable bonds is 3. The Morgan fingerprint density at radius 3 is 2.53 bits per heavy atom. The smallest absolute Gasteiger partial charge is 0.352 e. The van der Waals surface area contributed by atoms with Gasteiger partial charge < -0.3 is 30.6 Å². The molecule has 1 aromatic carbocycles. The fourth-order valence-electron chi connectivity index (χ4n) is 6.05. The zero-order valence-electron chi connectivity index (χ0n) is 17.9. The second-order valence-electron chi connectivity index (χ2n) is 8.76. The molecule has 0 aromatic heterocycles. The lowest BCUT2D eigenvalue weighted by Gasteiger charge is -2.48. The number of nitrogens with one attached hydrogen (secondary N) is 1.